The van der Waals surface area contributed by atoms with Crippen LogP contribution < -0.4 is 10.6 Å². The van der Waals surface area contributed by atoms with E-state index in [1.807, 2.05) is 31.3 Å². The average Bonchev–Trinajstić information content (AvgIpc) is 3.23. The molecule has 2 aliphatic heterocycles. The summed E-state index contributed by atoms with van der Waals surface area (Å²) in [6.45, 7) is 3.18. The number of nitrogens with zero attached hydrogens (tertiary/aromatic N) is 2. The Morgan fingerprint density at radius 3 is 2.91 bits per heavy atom. The van der Waals surface area contributed by atoms with E-state index in [-0.39, 0.29) is 17.1 Å². The molecule has 0 bridgehead atoms. The number of hydrogen-bond donors (Lipinski definition) is 3. The number of nitrogens with one attached hydrogen (secondary N) is 2. The number of allylic oxidation sites excluding steroid dienone is 2. The molecule has 2 atom stereocenters. The van der Waals surface area contributed by atoms with Crippen LogP contribution in [0.3, 0.4) is 0 Å². The van der Waals surface area contributed by atoms with Crippen molar-refractivity contribution in [3.05, 3.63) is 64.2 Å². The van der Waals surface area contributed by atoms with Gasteiger partial charge in [0, 0.05) is 53.1 Å². The first-order valence-electron chi connectivity index (χ1n) is 10.9. The lowest BCUT2D eigenvalue weighted by atomic mass is 9.83. The van der Waals surface area contributed by atoms with Crippen LogP contribution in [0.1, 0.15) is 44.1 Å². The zero-order valence-corrected chi connectivity index (χ0v) is 17.5. The van der Waals surface area contributed by atoms with Crippen LogP contribution in [0.4, 0.5) is 10.5 Å². The quantitative estimate of drug-likeness (QED) is 0.555. The van der Waals surface area contributed by atoms with Crippen molar-refractivity contribution in [1.29, 1.82) is 0 Å². The minimum absolute atomic E-state index is 0.0694. The maximum atomic E-state index is 13.6. The number of aromatic nitrogens is 2. The third-order valence-corrected chi connectivity index (χ3v) is 7.80. The van der Waals surface area contributed by atoms with E-state index >= 15 is 0 Å². The number of urea groups is 1. The summed E-state index contributed by atoms with van der Waals surface area (Å²) < 4.78 is 0. The summed E-state index contributed by atoms with van der Waals surface area (Å²) in [4.78, 5) is 47.8. The van der Waals surface area contributed by atoms with Crippen molar-refractivity contribution in [2.45, 2.75) is 25.2 Å². The van der Waals surface area contributed by atoms with Crippen molar-refractivity contribution in [2.75, 3.05) is 18.0 Å². The maximum absolute atomic E-state index is 13.6. The number of rotatable bonds is 1. The summed E-state index contributed by atoms with van der Waals surface area (Å²) in [7, 11) is 0. The summed E-state index contributed by atoms with van der Waals surface area (Å²) in [6, 6.07) is 5.16. The molecule has 4 heterocycles. The van der Waals surface area contributed by atoms with Gasteiger partial charge in [0.25, 0.3) is 5.91 Å². The molecule has 2 aromatic heterocycles. The Morgan fingerprint density at radius 2 is 2.09 bits per heavy atom. The van der Waals surface area contributed by atoms with Crippen LogP contribution in [0, 0.1) is 12.8 Å². The van der Waals surface area contributed by atoms with Crippen LogP contribution in [0.15, 0.2) is 36.2 Å². The molecule has 0 radical (unpaired) electrons. The van der Waals surface area contributed by atoms with Crippen molar-refractivity contribution in [2.24, 2.45) is 11.7 Å². The summed E-state index contributed by atoms with van der Waals surface area (Å²) >= 11 is 0. The molecule has 2 unspecified atom stereocenters. The van der Waals surface area contributed by atoms with Crippen LogP contribution in [0.25, 0.3) is 10.9 Å². The molecule has 4 aliphatic rings. The number of nitrogens with two attached hydrogens (primary N) is 1. The van der Waals surface area contributed by atoms with E-state index < -0.39 is 6.03 Å². The van der Waals surface area contributed by atoms with Gasteiger partial charge in [-0.25, -0.2) is 4.79 Å². The molecule has 2 fully saturated rings. The Morgan fingerprint density at radius 1 is 1.25 bits per heavy atom. The summed E-state index contributed by atoms with van der Waals surface area (Å²) in [5, 5.41) is 0.936. The molecule has 3 aromatic rings. The summed E-state index contributed by atoms with van der Waals surface area (Å²) in [5.74, 6) is 0.152. The van der Waals surface area contributed by atoms with Gasteiger partial charge in [-0.3, -0.25) is 14.5 Å². The molecule has 1 saturated carbocycles. The van der Waals surface area contributed by atoms with Gasteiger partial charge < -0.3 is 20.6 Å². The van der Waals surface area contributed by atoms with Crippen molar-refractivity contribution in [3.8, 4) is 0 Å². The van der Waals surface area contributed by atoms with Crippen molar-refractivity contribution >= 4 is 34.3 Å². The Hall–Kier alpha value is -3.81. The van der Waals surface area contributed by atoms with E-state index in [0.717, 1.165) is 45.4 Å². The van der Waals surface area contributed by atoms with Gasteiger partial charge in [-0.15, -0.1) is 0 Å². The second-order valence-corrected chi connectivity index (χ2v) is 9.35. The van der Waals surface area contributed by atoms with Crippen molar-refractivity contribution < 1.29 is 14.4 Å². The molecule has 3 amide bonds. The number of aryl methyl sites for hydroxylation is 1. The van der Waals surface area contributed by atoms with Crippen LogP contribution >= 0.6 is 0 Å². The lowest BCUT2D eigenvalue weighted by molar-refractivity contribution is 0.0806. The molecule has 8 heteroatoms. The van der Waals surface area contributed by atoms with Crippen LogP contribution in [-0.2, 0) is 11.8 Å². The molecular weight excluding hydrogens is 406 g/mol. The zero-order chi connectivity index (χ0) is 21.9. The number of piperidine rings is 1. The summed E-state index contributed by atoms with van der Waals surface area (Å²) in [5.41, 5.74) is 12.1. The highest BCUT2D eigenvalue weighted by molar-refractivity contribution is 6.09. The number of H-pyrrole nitrogens is 2. The molecule has 4 N–H and O–H groups in total. The van der Waals surface area contributed by atoms with Crippen molar-refractivity contribution in [3.63, 3.8) is 0 Å². The fourth-order valence-corrected chi connectivity index (χ4v) is 6.35. The number of ketones is 1. The van der Waals surface area contributed by atoms with Crippen LogP contribution in [0.5, 0.6) is 0 Å². The molecule has 7 rings (SSSR count). The van der Waals surface area contributed by atoms with E-state index in [2.05, 4.69) is 9.97 Å². The Bertz CT molecular complexity index is 1440. The van der Waals surface area contributed by atoms with Crippen molar-refractivity contribution in [1.82, 2.24) is 14.9 Å². The number of amides is 3. The fourth-order valence-electron chi connectivity index (χ4n) is 6.35. The fraction of sp³-hybridized carbons (Fsp3) is 0.292. The smallest absolute Gasteiger partial charge is 0.319 e. The van der Waals surface area contributed by atoms with E-state index in [1.165, 1.54) is 0 Å². The highest BCUT2D eigenvalue weighted by Gasteiger charge is 2.68. The number of primary amides is 1. The first kappa shape index (κ1) is 17.8. The molecule has 160 valence electrons. The highest BCUT2D eigenvalue weighted by Crippen LogP contribution is 2.67. The third-order valence-electron chi connectivity index (χ3n) is 7.80. The number of anilines is 1. The summed E-state index contributed by atoms with van der Waals surface area (Å²) in [6.07, 6.45) is 5.21. The predicted octanol–water partition coefficient (Wildman–Crippen LogP) is 2.74. The number of fused-ring (bicyclic) bond motifs is 4. The molecule has 1 aromatic carbocycles. The minimum Gasteiger partial charge on any atom is -0.358 e. The SMILES string of the molecule is Cc1c[nH]c2c1C13CC1CN(C(=O)c1cc4c5c(ccc4[nH]1)N(C(N)=O)CC5)C3=CC2=O. The third kappa shape index (κ3) is 1.96. The monoisotopic (exact) mass is 427 g/mol. The molecular formula is C24H21N5O3. The Labute approximate surface area is 183 Å². The number of carbonyl (C=O) groups excluding carboxylic acids is 3. The molecule has 1 saturated heterocycles. The van der Waals surface area contributed by atoms with Crippen LogP contribution in [-0.4, -0.2) is 45.7 Å². The van der Waals surface area contributed by atoms with E-state index in [9.17, 15) is 14.4 Å². The zero-order valence-electron chi connectivity index (χ0n) is 17.5. The average molecular weight is 427 g/mol. The maximum Gasteiger partial charge on any atom is 0.319 e. The van der Waals surface area contributed by atoms with Gasteiger partial charge in [-0.1, -0.05) is 0 Å². The molecule has 2 aliphatic carbocycles. The number of likely N-dealkylation sites (tertiary alicyclic amines) is 1. The topological polar surface area (TPSA) is 115 Å². The van der Waals surface area contributed by atoms with Gasteiger partial charge in [0.2, 0.25) is 5.78 Å². The highest BCUT2D eigenvalue weighted by atomic mass is 16.2. The lowest BCUT2D eigenvalue weighted by Gasteiger charge is -2.28. The largest absolute Gasteiger partial charge is 0.358 e. The number of hydrogen-bond acceptors (Lipinski definition) is 3. The number of carbonyl (C=O) groups is 3. The number of aromatic amines is 2. The molecule has 1 spiro atoms. The lowest BCUT2D eigenvalue weighted by Crippen LogP contribution is -2.34. The van der Waals surface area contributed by atoms with E-state index in [0.29, 0.717) is 36.8 Å². The normalized spacial score (nSPS) is 24.8. The van der Waals surface area contributed by atoms with Gasteiger partial charge >= 0.3 is 6.03 Å². The first-order chi connectivity index (χ1) is 15.4. The van der Waals surface area contributed by atoms with Gasteiger partial charge in [0.1, 0.15) is 5.69 Å². The number of benzene rings is 1. The standard InChI is InChI=1S/C24H21N5O3/c1-11-9-26-21-18(30)7-19-24(20(11)21)8-12(24)10-29(19)22(31)16-6-14-13-4-5-28(23(25)32)17(13)3-2-15(14)27-16/h2-3,6-7,9,12,26-27H,4-5,8,10H2,1H3,(H2,25,32). The minimum atomic E-state index is -0.468. The van der Waals surface area contributed by atoms with Gasteiger partial charge in [-0.05, 0) is 60.6 Å². The van der Waals surface area contributed by atoms with Crippen LogP contribution in [0.2, 0.25) is 0 Å². The van der Waals surface area contributed by atoms with E-state index in [1.54, 1.807) is 15.9 Å². The second-order valence-electron chi connectivity index (χ2n) is 9.35. The first-order valence-corrected chi connectivity index (χ1v) is 10.9. The second kappa shape index (κ2) is 5.51. The van der Waals surface area contributed by atoms with Gasteiger partial charge in [0.05, 0.1) is 5.69 Å². The van der Waals surface area contributed by atoms with Gasteiger partial charge in [-0.2, -0.15) is 0 Å². The Kier molecular flexibility index (Phi) is 3.07. The molecule has 8 nitrogen and oxygen atoms in total. The van der Waals surface area contributed by atoms with Gasteiger partial charge in [0.15, 0.2) is 0 Å². The van der Waals surface area contributed by atoms with E-state index in [4.69, 9.17) is 5.73 Å². The molecule has 32 heavy (non-hydrogen) atoms. The predicted molar refractivity (Wildman–Crippen MR) is 118 cm³/mol. The Balaban J connectivity index is 1.29.